The van der Waals surface area contributed by atoms with Gasteiger partial charge in [-0.3, -0.25) is 4.79 Å². The van der Waals surface area contributed by atoms with Gasteiger partial charge in [0.1, 0.15) is 11.6 Å². The quantitative estimate of drug-likeness (QED) is 0.489. The summed E-state index contributed by atoms with van der Waals surface area (Å²) >= 11 is 0. The van der Waals surface area contributed by atoms with E-state index in [-0.39, 0.29) is 11.7 Å². The standard InChI is InChI=1S/C23H20FN5O/c24-17-6-4-7-19(16-17)27-22-21(10-5-13-25-22)23(30)26-14-11-18-12-15-29(28-18)20-8-2-1-3-9-20/h1-10,12-13,15-16H,11,14H2,(H,25,27)(H,26,30). The van der Waals surface area contributed by atoms with E-state index in [1.165, 1.54) is 12.1 Å². The van der Waals surface area contributed by atoms with Gasteiger partial charge in [-0.05, 0) is 48.5 Å². The Labute approximate surface area is 173 Å². The monoisotopic (exact) mass is 401 g/mol. The average Bonchev–Trinajstić information content (AvgIpc) is 3.24. The predicted octanol–water partition coefficient (Wildman–Crippen LogP) is 4.12. The van der Waals surface area contributed by atoms with Crippen molar-refractivity contribution in [3.8, 4) is 5.69 Å². The van der Waals surface area contributed by atoms with Gasteiger partial charge in [0.2, 0.25) is 0 Å². The summed E-state index contributed by atoms with van der Waals surface area (Å²) in [6, 6.07) is 21.1. The number of nitrogens with one attached hydrogen (secondary N) is 2. The van der Waals surface area contributed by atoms with E-state index in [0.717, 1.165) is 11.4 Å². The van der Waals surface area contributed by atoms with E-state index in [1.54, 1.807) is 35.1 Å². The summed E-state index contributed by atoms with van der Waals surface area (Å²) in [4.78, 5) is 16.9. The van der Waals surface area contributed by atoms with Gasteiger partial charge in [-0.25, -0.2) is 14.1 Å². The van der Waals surface area contributed by atoms with Crippen LogP contribution in [0.15, 0.2) is 85.2 Å². The summed E-state index contributed by atoms with van der Waals surface area (Å²) in [5.74, 6) is -0.254. The van der Waals surface area contributed by atoms with Gasteiger partial charge in [-0.15, -0.1) is 0 Å². The maximum atomic E-state index is 13.4. The molecule has 4 aromatic rings. The lowest BCUT2D eigenvalue weighted by Gasteiger charge is -2.11. The number of halogens is 1. The number of amides is 1. The van der Waals surface area contributed by atoms with Crippen molar-refractivity contribution >= 4 is 17.4 Å². The zero-order chi connectivity index (χ0) is 20.8. The van der Waals surface area contributed by atoms with Crippen molar-refractivity contribution in [3.05, 3.63) is 102 Å². The van der Waals surface area contributed by atoms with Crippen LogP contribution in [-0.4, -0.2) is 27.2 Å². The van der Waals surface area contributed by atoms with Crippen molar-refractivity contribution in [1.82, 2.24) is 20.1 Å². The highest BCUT2D eigenvalue weighted by molar-refractivity contribution is 5.99. The molecule has 2 N–H and O–H groups in total. The van der Waals surface area contributed by atoms with E-state index in [4.69, 9.17) is 0 Å². The molecular formula is C23H20FN5O. The second kappa shape index (κ2) is 9.00. The summed E-state index contributed by atoms with van der Waals surface area (Å²) in [5, 5.41) is 10.4. The van der Waals surface area contributed by atoms with Crippen molar-refractivity contribution in [2.75, 3.05) is 11.9 Å². The lowest BCUT2D eigenvalue weighted by atomic mass is 10.2. The van der Waals surface area contributed by atoms with Gasteiger partial charge < -0.3 is 10.6 Å². The molecule has 0 atom stereocenters. The molecule has 150 valence electrons. The van der Waals surface area contributed by atoms with Crippen molar-refractivity contribution in [2.24, 2.45) is 0 Å². The fourth-order valence-electron chi connectivity index (χ4n) is 3.01. The Morgan fingerprint density at radius 3 is 2.70 bits per heavy atom. The van der Waals surface area contributed by atoms with Gasteiger partial charge >= 0.3 is 0 Å². The minimum Gasteiger partial charge on any atom is -0.352 e. The molecule has 0 radical (unpaired) electrons. The molecule has 0 unspecified atom stereocenters. The number of para-hydroxylation sites is 1. The van der Waals surface area contributed by atoms with Crippen molar-refractivity contribution in [2.45, 2.75) is 6.42 Å². The van der Waals surface area contributed by atoms with Crippen molar-refractivity contribution < 1.29 is 9.18 Å². The number of pyridine rings is 1. The van der Waals surface area contributed by atoms with Gasteiger partial charge in [0.15, 0.2) is 0 Å². The maximum Gasteiger partial charge on any atom is 0.255 e. The Hall–Kier alpha value is -4.00. The lowest BCUT2D eigenvalue weighted by molar-refractivity contribution is 0.0954. The number of carbonyl (C=O) groups excluding carboxylic acids is 1. The zero-order valence-corrected chi connectivity index (χ0v) is 16.1. The van der Waals surface area contributed by atoms with Crippen LogP contribution in [0.3, 0.4) is 0 Å². The van der Waals surface area contributed by atoms with E-state index >= 15 is 0 Å². The van der Waals surface area contributed by atoms with Crippen molar-refractivity contribution in [3.63, 3.8) is 0 Å². The Bertz CT molecular complexity index is 1140. The third-order valence-electron chi connectivity index (χ3n) is 4.47. The van der Waals surface area contributed by atoms with E-state index < -0.39 is 0 Å². The van der Waals surface area contributed by atoms with Crippen LogP contribution in [0.25, 0.3) is 5.69 Å². The van der Waals surface area contributed by atoms with Gasteiger partial charge in [0.05, 0.1) is 16.9 Å². The molecule has 2 heterocycles. The summed E-state index contributed by atoms with van der Waals surface area (Å²) in [7, 11) is 0. The highest BCUT2D eigenvalue weighted by Gasteiger charge is 2.12. The number of nitrogens with zero attached hydrogens (tertiary/aromatic N) is 3. The van der Waals surface area contributed by atoms with Crippen LogP contribution in [0, 0.1) is 5.82 Å². The smallest absolute Gasteiger partial charge is 0.255 e. The fraction of sp³-hybridized carbons (Fsp3) is 0.0870. The maximum absolute atomic E-state index is 13.4. The van der Waals surface area contributed by atoms with E-state index in [2.05, 4.69) is 20.7 Å². The summed E-state index contributed by atoms with van der Waals surface area (Å²) in [6.45, 7) is 0.429. The van der Waals surface area contributed by atoms with Gasteiger partial charge in [0.25, 0.3) is 5.91 Å². The summed E-state index contributed by atoms with van der Waals surface area (Å²) in [6.07, 6.45) is 4.07. The number of aromatic nitrogens is 3. The van der Waals surface area contributed by atoms with Crippen LogP contribution in [0.1, 0.15) is 16.1 Å². The second-order valence-electron chi connectivity index (χ2n) is 6.63. The molecule has 2 aromatic heterocycles. The first-order valence-corrected chi connectivity index (χ1v) is 9.55. The Kier molecular flexibility index (Phi) is 5.80. The number of carbonyl (C=O) groups is 1. The first-order valence-electron chi connectivity index (χ1n) is 9.55. The van der Waals surface area contributed by atoms with Crippen LogP contribution in [0.5, 0.6) is 0 Å². The van der Waals surface area contributed by atoms with Crippen LogP contribution in [0.2, 0.25) is 0 Å². The molecule has 0 aliphatic rings. The molecule has 6 nitrogen and oxygen atoms in total. The van der Waals surface area contributed by atoms with E-state index in [1.807, 2.05) is 42.6 Å². The molecule has 0 saturated carbocycles. The highest BCUT2D eigenvalue weighted by atomic mass is 19.1. The number of hydrogen-bond donors (Lipinski definition) is 2. The molecule has 0 aliphatic heterocycles. The van der Waals surface area contributed by atoms with Crippen LogP contribution >= 0.6 is 0 Å². The minimum absolute atomic E-state index is 0.260. The minimum atomic E-state index is -0.364. The molecule has 4 rings (SSSR count). The lowest BCUT2D eigenvalue weighted by Crippen LogP contribution is -2.26. The molecule has 0 saturated heterocycles. The third-order valence-corrected chi connectivity index (χ3v) is 4.47. The Morgan fingerprint density at radius 2 is 1.87 bits per heavy atom. The number of benzene rings is 2. The molecule has 30 heavy (non-hydrogen) atoms. The average molecular weight is 401 g/mol. The molecule has 1 amide bonds. The largest absolute Gasteiger partial charge is 0.352 e. The molecule has 0 spiro atoms. The second-order valence-corrected chi connectivity index (χ2v) is 6.63. The fourth-order valence-corrected chi connectivity index (χ4v) is 3.01. The van der Waals surface area contributed by atoms with Gasteiger partial charge in [0, 0.05) is 31.0 Å². The topological polar surface area (TPSA) is 71.8 Å². The highest BCUT2D eigenvalue weighted by Crippen LogP contribution is 2.19. The number of rotatable bonds is 7. The predicted molar refractivity (Wildman–Crippen MR) is 114 cm³/mol. The van der Waals surface area contributed by atoms with Crippen LogP contribution < -0.4 is 10.6 Å². The summed E-state index contributed by atoms with van der Waals surface area (Å²) in [5.41, 5.74) is 2.77. The molecule has 0 bridgehead atoms. The summed E-state index contributed by atoms with van der Waals surface area (Å²) < 4.78 is 15.2. The van der Waals surface area contributed by atoms with Crippen molar-refractivity contribution in [1.29, 1.82) is 0 Å². The first-order chi connectivity index (χ1) is 14.7. The van der Waals surface area contributed by atoms with Crippen LogP contribution in [-0.2, 0) is 6.42 Å². The molecule has 0 fully saturated rings. The van der Waals surface area contributed by atoms with E-state index in [9.17, 15) is 9.18 Å². The molecular weight excluding hydrogens is 381 g/mol. The normalized spacial score (nSPS) is 10.6. The molecule has 2 aromatic carbocycles. The zero-order valence-electron chi connectivity index (χ0n) is 16.1. The SMILES string of the molecule is O=C(NCCc1ccn(-c2ccccc2)n1)c1cccnc1Nc1cccc(F)c1. The Balaban J connectivity index is 1.37. The number of anilines is 2. The first kappa shape index (κ1) is 19.3. The van der Waals surface area contributed by atoms with Crippen LogP contribution in [0.4, 0.5) is 15.9 Å². The van der Waals surface area contributed by atoms with Gasteiger partial charge in [-0.1, -0.05) is 24.3 Å². The molecule has 0 aliphatic carbocycles. The molecule has 7 heteroatoms. The Morgan fingerprint density at radius 1 is 1.00 bits per heavy atom. The van der Waals surface area contributed by atoms with E-state index in [0.29, 0.717) is 30.0 Å². The third kappa shape index (κ3) is 4.70. The van der Waals surface area contributed by atoms with Gasteiger partial charge in [-0.2, -0.15) is 5.10 Å². The number of hydrogen-bond acceptors (Lipinski definition) is 4.